The van der Waals surface area contributed by atoms with Crippen LogP contribution in [0.25, 0.3) is 0 Å². The molecule has 0 amide bonds. The zero-order chi connectivity index (χ0) is 21.3. The highest BCUT2D eigenvalue weighted by molar-refractivity contribution is 14.0. The van der Waals surface area contributed by atoms with Crippen molar-refractivity contribution in [1.82, 2.24) is 10.2 Å². The van der Waals surface area contributed by atoms with Gasteiger partial charge in [-0.05, 0) is 37.1 Å². The fraction of sp³-hybridized carbons (Fsp3) is 0.435. The maximum absolute atomic E-state index is 10.1. The number of para-hydroxylation sites is 2. The van der Waals surface area contributed by atoms with Crippen molar-refractivity contribution in [1.29, 1.82) is 0 Å². The first-order valence-electron chi connectivity index (χ1n) is 10.4. The number of guanidine groups is 1. The molecule has 0 atom stereocenters. The Hall–Kier alpha value is -2.36. The molecule has 170 valence electrons. The number of aromatic hydroxyl groups is 1. The molecule has 3 rings (SSSR count). The molecule has 0 unspecified atom stereocenters. The lowest BCUT2D eigenvalue weighted by atomic mass is 10.1. The van der Waals surface area contributed by atoms with Crippen LogP contribution in [-0.4, -0.2) is 69.5 Å². The van der Waals surface area contributed by atoms with E-state index in [4.69, 9.17) is 14.5 Å². The molecule has 0 spiro atoms. The summed E-state index contributed by atoms with van der Waals surface area (Å²) < 4.78 is 10.7. The van der Waals surface area contributed by atoms with Gasteiger partial charge in [0, 0.05) is 45.3 Å². The zero-order valence-corrected chi connectivity index (χ0v) is 20.8. The van der Waals surface area contributed by atoms with Crippen molar-refractivity contribution in [2.45, 2.75) is 13.3 Å². The van der Waals surface area contributed by atoms with Crippen molar-refractivity contribution in [2.24, 2.45) is 4.99 Å². The number of methoxy groups -OCH3 is 2. The van der Waals surface area contributed by atoms with Crippen LogP contribution in [0.4, 0.5) is 5.69 Å². The number of anilines is 1. The maximum Gasteiger partial charge on any atom is 0.194 e. The van der Waals surface area contributed by atoms with E-state index in [9.17, 15) is 5.11 Å². The summed E-state index contributed by atoms with van der Waals surface area (Å²) in [5, 5.41) is 13.5. The molecule has 0 radical (unpaired) electrons. The minimum atomic E-state index is 0. The number of nitrogens with zero attached hydrogens (tertiary/aromatic N) is 3. The van der Waals surface area contributed by atoms with Crippen molar-refractivity contribution in [2.75, 3.05) is 58.4 Å². The highest BCUT2D eigenvalue weighted by Crippen LogP contribution is 2.28. The van der Waals surface area contributed by atoms with Crippen molar-refractivity contribution in [3.05, 3.63) is 48.0 Å². The first-order chi connectivity index (χ1) is 14.7. The smallest absolute Gasteiger partial charge is 0.194 e. The van der Waals surface area contributed by atoms with E-state index in [1.807, 2.05) is 30.3 Å². The lowest BCUT2D eigenvalue weighted by Gasteiger charge is -2.38. The van der Waals surface area contributed by atoms with Crippen LogP contribution in [0.1, 0.15) is 12.5 Å². The quantitative estimate of drug-likeness (QED) is 0.319. The Kier molecular flexibility index (Phi) is 10.0. The van der Waals surface area contributed by atoms with Crippen LogP contribution < -0.4 is 19.7 Å². The van der Waals surface area contributed by atoms with Gasteiger partial charge in [-0.25, -0.2) is 0 Å². The predicted molar refractivity (Wildman–Crippen MR) is 137 cm³/mol. The molecule has 8 heteroatoms. The van der Waals surface area contributed by atoms with Crippen LogP contribution in [0.2, 0.25) is 0 Å². The summed E-state index contributed by atoms with van der Waals surface area (Å²) in [6.07, 6.45) is 0.673. The first kappa shape index (κ1) is 24.9. The Morgan fingerprint density at radius 2 is 1.81 bits per heavy atom. The Bertz CT molecular complexity index is 854. The molecule has 2 aromatic rings. The molecule has 1 fully saturated rings. The van der Waals surface area contributed by atoms with Crippen molar-refractivity contribution < 1.29 is 14.6 Å². The second-order valence-electron chi connectivity index (χ2n) is 7.13. The number of hydrogen-bond donors (Lipinski definition) is 2. The van der Waals surface area contributed by atoms with Gasteiger partial charge in [0.05, 0.1) is 19.9 Å². The van der Waals surface area contributed by atoms with E-state index in [-0.39, 0.29) is 29.7 Å². The van der Waals surface area contributed by atoms with Gasteiger partial charge in [0.25, 0.3) is 0 Å². The van der Waals surface area contributed by atoms with Crippen molar-refractivity contribution >= 4 is 35.6 Å². The van der Waals surface area contributed by atoms with Gasteiger partial charge >= 0.3 is 0 Å². The minimum absolute atomic E-state index is 0. The second kappa shape index (κ2) is 12.5. The van der Waals surface area contributed by atoms with Crippen LogP contribution in [0.3, 0.4) is 0 Å². The average molecular weight is 540 g/mol. The van der Waals surface area contributed by atoms with Crippen LogP contribution in [0.5, 0.6) is 17.2 Å². The van der Waals surface area contributed by atoms with Gasteiger partial charge < -0.3 is 29.7 Å². The molecule has 1 heterocycles. The number of benzene rings is 2. The number of halogens is 1. The summed E-state index contributed by atoms with van der Waals surface area (Å²) in [6, 6.07) is 13.5. The molecule has 31 heavy (non-hydrogen) atoms. The number of phenolic OH excluding ortho intramolecular Hbond substituents is 1. The fourth-order valence-electron chi connectivity index (χ4n) is 3.64. The molecule has 1 saturated heterocycles. The minimum Gasteiger partial charge on any atom is -0.508 e. The molecular formula is C23H33IN4O3. The maximum atomic E-state index is 10.1. The molecule has 0 aliphatic carbocycles. The van der Waals surface area contributed by atoms with Crippen molar-refractivity contribution in [3.8, 4) is 17.2 Å². The van der Waals surface area contributed by atoms with Gasteiger partial charge in [-0.3, -0.25) is 4.99 Å². The number of rotatable bonds is 7. The number of phenols is 1. The van der Waals surface area contributed by atoms with Gasteiger partial charge in [0.2, 0.25) is 0 Å². The van der Waals surface area contributed by atoms with E-state index in [1.54, 1.807) is 20.3 Å². The van der Waals surface area contributed by atoms with E-state index < -0.39 is 0 Å². The fourth-order valence-corrected chi connectivity index (χ4v) is 3.64. The topological polar surface area (TPSA) is 69.6 Å². The largest absolute Gasteiger partial charge is 0.508 e. The summed E-state index contributed by atoms with van der Waals surface area (Å²) in [5.41, 5.74) is 2.01. The van der Waals surface area contributed by atoms with E-state index >= 15 is 0 Å². The Morgan fingerprint density at radius 1 is 1.06 bits per heavy atom. The number of nitrogens with one attached hydrogen (secondary N) is 1. The SMILES string of the molecule is CCNC(=NCCc1ccc(OC)cc1O)N1CCN(c2ccccc2OC)CC1.I. The normalized spacial score (nSPS) is 14.1. The number of ether oxygens (including phenoxy) is 2. The van der Waals surface area contributed by atoms with Gasteiger partial charge in [0.1, 0.15) is 17.2 Å². The molecule has 1 aliphatic heterocycles. The van der Waals surface area contributed by atoms with Crippen LogP contribution in [0, 0.1) is 0 Å². The summed E-state index contributed by atoms with van der Waals surface area (Å²) in [7, 11) is 3.31. The summed E-state index contributed by atoms with van der Waals surface area (Å²) in [5.74, 6) is 2.73. The second-order valence-corrected chi connectivity index (χ2v) is 7.13. The molecule has 2 N–H and O–H groups in total. The van der Waals surface area contributed by atoms with Crippen LogP contribution >= 0.6 is 24.0 Å². The number of piperazine rings is 1. The molecule has 0 saturated carbocycles. The van der Waals surface area contributed by atoms with Crippen LogP contribution in [0.15, 0.2) is 47.5 Å². The highest BCUT2D eigenvalue weighted by Gasteiger charge is 2.21. The monoisotopic (exact) mass is 540 g/mol. The average Bonchev–Trinajstić information content (AvgIpc) is 2.79. The predicted octanol–water partition coefficient (Wildman–Crippen LogP) is 3.36. The summed E-state index contributed by atoms with van der Waals surface area (Å²) in [6.45, 7) is 7.09. The van der Waals surface area contributed by atoms with E-state index in [0.717, 1.165) is 55.7 Å². The number of aliphatic imine (C=N–C) groups is 1. The zero-order valence-electron chi connectivity index (χ0n) is 18.5. The lowest BCUT2D eigenvalue weighted by molar-refractivity contribution is 0.367. The Morgan fingerprint density at radius 3 is 2.45 bits per heavy atom. The van der Waals surface area contributed by atoms with E-state index in [1.165, 1.54) is 0 Å². The highest BCUT2D eigenvalue weighted by atomic mass is 127. The molecular weight excluding hydrogens is 507 g/mol. The molecule has 7 nitrogen and oxygen atoms in total. The Labute approximate surface area is 202 Å². The van der Waals surface area contributed by atoms with Gasteiger partial charge in [0.15, 0.2) is 5.96 Å². The third-order valence-electron chi connectivity index (χ3n) is 5.28. The molecule has 1 aliphatic rings. The third kappa shape index (κ3) is 6.56. The van der Waals surface area contributed by atoms with E-state index in [0.29, 0.717) is 18.7 Å². The van der Waals surface area contributed by atoms with Gasteiger partial charge in [-0.1, -0.05) is 18.2 Å². The first-order valence-corrected chi connectivity index (χ1v) is 10.4. The van der Waals surface area contributed by atoms with Crippen molar-refractivity contribution in [3.63, 3.8) is 0 Å². The van der Waals surface area contributed by atoms with Gasteiger partial charge in [-0.15, -0.1) is 24.0 Å². The lowest BCUT2D eigenvalue weighted by Crippen LogP contribution is -2.52. The van der Waals surface area contributed by atoms with Crippen LogP contribution in [-0.2, 0) is 6.42 Å². The van der Waals surface area contributed by atoms with E-state index in [2.05, 4.69) is 28.1 Å². The molecule has 2 aromatic carbocycles. The Balaban J connectivity index is 0.00000341. The third-order valence-corrected chi connectivity index (χ3v) is 5.28. The summed E-state index contributed by atoms with van der Waals surface area (Å²) >= 11 is 0. The number of hydrogen-bond acceptors (Lipinski definition) is 5. The van der Waals surface area contributed by atoms with Gasteiger partial charge in [-0.2, -0.15) is 0 Å². The molecule has 0 aromatic heterocycles. The summed E-state index contributed by atoms with van der Waals surface area (Å²) in [4.78, 5) is 9.44. The molecule has 0 bridgehead atoms. The standard InChI is InChI=1S/C23H32N4O3.HI/c1-4-24-23(25-12-11-18-9-10-19(29-2)17-21(18)28)27-15-13-26(14-16-27)20-7-5-6-8-22(20)30-3;/h5-10,17,28H,4,11-16H2,1-3H3,(H,24,25);1H.